The van der Waals surface area contributed by atoms with Crippen molar-refractivity contribution in [2.24, 2.45) is 0 Å². The van der Waals surface area contributed by atoms with Gasteiger partial charge in [0.2, 0.25) is 0 Å². The molecule has 0 spiro atoms. The molecule has 1 fully saturated rings. The van der Waals surface area contributed by atoms with Crippen molar-refractivity contribution in [3.8, 4) is 5.69 Å². The maximum Gasteiger partial charge on any atom is 0.259 e. The summed E-state index contributed by atoms with van der Waals surface area (Å²) in [5, 5.41) is 11.4. The topological polar surface area (TPSA) is 59.0 Å². The number of piperidine rings is 1. The number of halogens is 2. The molecule has 0 saturated carbocycles. The van der Waals surface area contributed by atoms with Crippen molar-refractivity contribution in [1.29, 1.82) is 0 Å². The zero-order chi connectivity index (χ0) is 20.4. The molecule has 2 N–H and O–H groups in total. The number of amides is 1. The van der Waals surface area contributed by atoms with E-state index in [4.69, 9.17) is 11.6 Å². The number of benzene rings is 2. The number of aromatic nitrogens is 2. The summed E-state index contributed by atoms with van der Waals surface area (Å²) in [5.41, 5.74) is 3.76. The molecule has 1 aliphatic rings. The first kappa shape index (κ1) is 19.6. The second kappa shape index (κ2) is 8.35. The Morgan fingerprint density at radius 1 is 1.21 bits per heavy atom. The highest BCUT2D eigenvalue weighted by molar-refractivity contribution is 6.31. The van der Waals surface area contributed by atoms with Gasteiger partial charge in [-0.3, -0.25) is 4.79 Å². The average Bonchev–Trinajstić information content (AvgIpc) is 3.18. The molecule has 2 aromatic carbocycles. The van der Waals surface area contributed by atoms with Crippen molar-refractivity contribution in [2.75, 3.05) is 18.4 Å². The number of carbonyl (C=O) groups is 1. The Hall–Kier alpha value is -2.70. The van der Waals surface area contributed by atoms with E-state index in [9.17, 15) is 9.18 Å². The van der Waals surface area contributed by atoms with Crippen molar-refractivity contribution >= 4 is 23.2 Å². The molecule has 0 radical (unpaired) electrons. The minimum atomic E-state index is -0.345. The first-order valence-corrected chi connectivity index (χ1v) is 10.0. The van der Waals surface area contributed by atoms with Crippen LogP contribution in [0.3, 0.4) is 0 Å². The fourth-order valence-corrected chi connectivity index (χ4v) is 3.85. The Labute approximate surface area is 173 Å². The number of anilines is 1. The largest absolute Gasteiger partial charge is 0.322 e. The van der Waals surface area contributed by atoms with Crippen LogP contribution >= 0.6 is 11.6 Å². The molecule has 1 aromatic heterocycles. The molecule has 1 aliphatic heterocycles. The lowest BCUT2D eigenvalue weighted by Crippen LogP contribution is -2.29. The number of carbonyl (C=O) groups excluding carboxylic acids is 1. The Morgan fingerprint density at radius 3 is 2.62 bits per heavy atom. The molecule has 3 aromatic rings. The highest BCUT2D eigenvalue weighted by Gasteiger charge is 2.27. The highest BCUT2D eigenvalue weighted by atomic mass is 35.5. The van der Waals surface area contributed by atoms with E-state index in [0.29, 0.717) is 16.3 Å². The fraction of sp³-hybridized carbons (Fsp3) is 0.273. The summed E-state index contributed by atoms with van der Waals surface area (Å²) < 4.78 is 15.0. The number of hydrogen-bond acceptors (Lipinski definition) is 3. The van der Waals surface area contributed by atoms with E-state index >= 15 is 0 Å². The van der Waals surface area contributed by atoms with E-state index in [1.165, 1.54) is 12.1 Å². The van der Waals surface area contributed by atoms with E-state index in [-0.39, 0.29) is 17.6 Å². The van der Waals surface area contributed by atoms with Gasteiger partial charge in [-0.05, 0) is 74.8 Å². The molecule has 0 atom stereocenters. The van der Waals surface area contributed by atoms with E-state index in [1.807, 2.05) is 29.8 Å². The van der Waals surface area contributed by atoms with Gasteiger partial charge < -0.3 is 10.6 Å². The predicted octanol–water partition coefficient (Wildman–Crippen LogP) is 4.69. The Kier molecular flexibility index (Phi) is 5.65. The van der Waals surface area contributed by atoms with Crippen molar-refractivity contribution in [1.82, 2.24) is 15.1 Å². The van der Waals surface area contributed by atoms with Crippen LogP contribution in [0.4, 0.5) is 10.1 Å². The summed E-state index contributed by atoms with van der Waals surface area (Å²) in [7, 11) is 0. The third-order valence-electron chi connectivity index (χ3n) is 5.28. The Morgan fingerprint density at radius 2 is 1.93 bits per heavy atom. The lowest BCUT2D eigenvalue weighted by atomic mass is 9.91. The monoisotopic (exact) mass is 412 g/mol. The molecule has 150 valence electrons. The molecule has 1 amide bonds. The van der Waals surface area contributed by atoms with Crippen molar-refractivity contribution in [3.05, 3.63) is 76.3 Å². The van der Waals surface area contributed by atoms with E-state index in [1.54, 1.807) is 18.3 Å². The smallest absolute Gasteiger partial charge is 0.259 e. The van der Waals surface area contributed by atoms with Crippen LogP contribution in [0.15, 0.2) is 48.7 Å². The van der Waals surface area contributed by atoms with E-state index in [2.05, 4.69) is 15.7 Å². The molecule has 5 nitrogen and oxygen atoms in total. The van der Waals surface area contributed by atoms with Gasteiger partial charge in [0.05, 0.1) is 23.1 Å². The second-order valence-electron chi connectivity index (χ2n) is 7.27. The maximum absolute atomic E-state index is 13.2. The van der Waals surface area contributed by atoms with Crippen LogP contribution in [-0.4, -0.2) is 28.8 Å². The quantitative estimate of drug-likeness (QED) is 0.653. The molecule has 1 saturated heterocycles. The Bertz CT molecular complexity index is 1030. The average molecular weight is 413 g/mol. The zero-order valence-electron chi connectivity index (χ0n) is 16.1. The van der Waals surface area contributed by atoms with Crippen LogP contribution in [0.1, 0.15) is 40.4 Å². The van der Waals surface area contributed by atoms with Gasteiger partial charge in [0.1, 0.15) is 5.82 Å². The lowest BCUT2D eigenvalue weighted by Gasteiger charge is -2.25. The molecule has 0 aliphatic carbocycles. The molecule has 0 unspecified atom stereocenters. The molecular weight excluding hydrogens is 391 g/mol. The normalized spacial score (nSPS) is 14.7. The standard InChI is InChI=1S/C22H22ClFN4O/c1-14-2-7-18(12-20(14)23)28-21(15-8-10-25-11-9-15)19(13-26-28)22(29)27-17-5-3-16(24)4-6-17/h2-7,12-13,15,25H,8-11H2,1H3,(H,27,29). The van der Waals surface area contributed by atoms with Gasteiger partial charge in [0, 0.05) is 16.6 Å². The van der Waals surface area contributed by atoms with Crippen molar-refractivity contribution in [3.63, 3.8) is 0 Å². The van der Waals surface area contributed by atoms with Gasteiger partial charge in [-0.2, -0.15) is 5.10 Å². The number of hydrogen-bond donors (Lipinski definition) is 2. The fourth-order valence-electron chi connectivity index (χ4n) is 3.67. The summed E-state index contributed by atoms with van der Waals surface area (Å²) in [4.78, 5) is 13.0. The number of nitrogens with one attached hydrogen (secondary N) is 2. The van der Waals surface area contributed by atoms with Crippen LogP contribution < -0.4 is 10.6 Å². The summed E-state index contributed by atoms with van der Waals surface area (Å²) in [5.74, 6) is -0.398. The van der Waals surface area contributed by atoms with Gasteiger partial charge >= 0.3 is 0 Å². The zero-order valence-corrected chi connectivity index (χ0v) is 16.8. The second-order valence-corrected chi connectivity index (χ2v) is 7.68. The minimum Gasteiger partial charge on any atom is -0.322 e. The summed E-state index contributed by atoms with van der Waals surface area (Å²) in [6.45, 7) is 3.73. The molecule has 0 bridgehead atoms. The number of rotatable bonds is 4. The van der Waals surface area contributed by atoms with Crippen LogP contribution in [0.25, 0.3) is 5.69 Å². The van der Waals surface area contributed by atoms with Gasteiger partial charge in [-0.1, -0.05) is 17.7 Å². The third-order valence-corrected chi connectivity index (χ3v) is 5.69. The highest BCUT2D eigenvalue weighted by Crippen LogP contribution is 2.31. The molecule has 29 heavy (non-hydrogen) atoms. The molecule has 7 heteroatoms. The minimum absolute atomic E-state index is 0.202. The van der Waals surface area contributed by atoms with Gasteiger partial charge in [-0.25, -0.2) is 9.07 Å². The van der Waals surface area contributed by atoms with Crippen LogP contribution in [0.2, 0.25) is 5.02 Å². The van der Waals surface area contributed by atoms with Gasteiger partial charge in [0.25, 0.3) is 5.91 Å². The number of aryl methyl sites for hydroxylation is 1. The first-order valence-electron chi connectivity index (χ1n) is 9.65. The summed E-state index contributed by atoms with van der Waals surface area (Å²) in [6, 6.07) is 11.5. The van der Waals surface area contributed by atoms with Crippen LogP contribution in [0, 0.1) is 12.7 Å². The van der Waals surface area contributed by atoms with Crippen molar-refractivity contribution in [2.45, 2.75) is 25.7 Å². The van der Waals surface area contributed by atoms with Crippen LogP contribution in [0.5, 0.6) is 0 Å². The van der Waals surface area contributed by atoms with E-state index < -0.39 is 0 Å². The lowest BCUT2D eigenvalue weighted by molar-refractivity contribution is 0.102. The van der Waals surface area contributed by atoms with E-state index in [0.717, 1.165) is 42.9 Å². The molecule has 2 heterocycles. The third kappa shape index (κ3) is 4.18. The predicted molar refractivity (Wildman–Crippen MR) is 113 cm³/mol. The molecular formula is C22H22ClFN4O. The van der Waals surface area contributed by atoms with Gasteiger partial charge in [-0.15, -0.1) is 0 Å². The van der Waals surface area contributed by atoms with Gasteiger partial charge in [0.15, 0.2) is 0 Å². The van der Waals surface area contributed by atoms with Crippen molar-refractivity contribution < 1.29 is 9.18 Å². The SMILES string of the molecule is Cc1ccc(-n2ncc(C(=O)Nc3ccc(F)cc3)c2C2CCNCC2)cc1Cl. The first-order chi connectivity index (χ1) is 14.0. The Balaban J connectivity index is 1.72. The number of nitrogens with zero attached hydrogens (tertiary/aromatic N) is 2. The summed E-state index contributed by atoms with van der Waals surface area (Å²) >= 11 is 6.33. The summed E-state index contributed by atoms with van der Waals surface area (Å²) in [6.07, 6.45) is 3.44. The van der Waals surface area contributed by atoms with Crippen LogP contribution in [-0.2, 0) is 0 Å². The molecule has 4 rings (SSSR count). The maximum atomic E-state index is 13.2.